The average Bonchev–Trinajstić information content (AvgIpc) is 1.98. The fourth-order valence-electron chi connectivity index (χ4n) is 1.90. The van der Waals surface area contributed by atoms with Gasteiger partial charge in [0.15, 0.2) is 0 Å². The lowest BCUT2D eigenvalue weighted by molar-refractivity contribution is 0.356. The largest absolute Gasteiger partial charge is 0.387 e. The van der Waals surface area contributed by atoms with Gasteiger partial charge in [-0.2, -0.15) is 0 Å². The van der Waals surface area contributed by atoms with E-state index in [1.165, 1.54) is 5.70 Å². The first-order chi connectivity index (χ1) is 6.89. The molecule has 0 spiro atoms. The first kappa shape index (κ1) is 12.7. The van der Waals surface area contributed by atoms with Crippen molar-refractivity contribution in [2.24, 2.45) is 5.41 Å². The molecule has 2 nitrogen and oxygen atoms in total. The molecule has 0 aromatic carbocycles. The van der Waals surface area contributed by atoms with Gasteiger partial charge in [-0.3, -0.25) is 0 Å². The highest BCUT2D eigenvalue weighted by Crippen LogP contribution is 2.32. The molecule has 1 rings (SSSR count). The monoisotopic (exact) mass is 226 g/mol. The Bertz CT molecular complexity index is 267. The van der Waals surface area contributed by atoms with Crippen molar-refractivity contribution in [2.45, 2.75) is 26.7 Å². The van der Waals surface area contributed by atoms with E-state index in [4.69, 9.17) is 12.2 Å². The molecule has 0 aliphatic heterocycles. The number of nitrogens with one attached hydrogen (secondary N) is 1. The van der Waals surface area contributed by atoms with Crippen LogP contribution in [0.2, 0.25) is 0 Å². The summed E-state index contributed by atoms with van der Waals surface area (Å²) in [5.41, 5.74) is 1.63. The molecule has 0 bridgehead atoms. The maximum atomic E-state index is 5.31. The second-order valence-corrected chi connectivity index (χ2v) is 5.91. The number of nitrogens with zero attached hydrogens (tertiary/aromatic N) is 1. The van der Waals surface area contributed by atoms with Gasteiger partial charge in [-0.25, -0.2) is 0 Å². The van der Waals surface area contributed by atoms with Crippen LogP contribution in [-0.2, 0) is 0 Å². The molecule has 0 amide bonds. The first-order valence-electron chi connectivity index (χ1n) is 5.51. The van der Waals surface area contributed by atoms with E-state index in [1.54, 1.807) is 0 Å². The molecule has 0 unspecified atom stereocenters. The molecule has 0 aromatic rings. The second-order valence-electron chi connectivity index (χ2n) is 5.38. The van der Waals surface area contributed by atoms with Crippen molar-refractivity contribution in [1.29, 1.82) is 0 Å². The summed E-state index contributed by atoms with van der Waals surface area (Å²) in [6, 6.07) is 0. The van der Waals surface area contributed by atoms with E-state index in [0.717, 1.165) is 30.8 Å². The van der Waals surface area contributed by atoms with Gasteiger partial charge in [0.2, 0.25) is 0 Å². The predicted molar refractivity (Wildman–Crippen MR) is 70.3 cm³/mol. The second kappa shape index (κ2) is 5.08. The Hall–Kier alpha value is -0.410. The number of thiocarbonyl (C=S) groups is 1. The summed E-state index contributed by atoms with van der Waals surface area (Å²) in [7, 11) is 4.18. The highest BCUT2D eigenvalue weighted by atomic mass is 32.1. The van der Waals surface area contributed by atoms with Gasteiger partial charge in [-0.05, 0) is 38.4 Å². The summed E-state index contributed by atoms with van der Waals surface area (Å²) in [6.45, 7) is 6.61. The van der Waals surface area contributed by atoms with Crippen LogP contribution in [0.15, 0.2) is 11.8 Å². The van der Waals surface area contributed by atoms with Gasteiger partial charge in [0, 0.05) is 23.7 Å². The van der Waals surface area contributed by atoms with Crippen molar-refractivity contribution < 1.29 is 0 Å². The van der Waals surface area contributed by atoms with E-state index in [1.807, 2.05) is 0 Å². The minimum atomic E-state index is 0.326. The Labute approximate surface area is 98.7 Å². The van der Waals surface area contributed by atoms with Gasteiger partial charge in [-0.1, -0.05) is 26.1 Å². The molecule has 0 aromatic heterocycles. The van der Waals surface area contributed by atoms with Gasteiger partial charge >= 0.3 is 0 Å². The van der Waals surface area contributed by atoms with Gasteiger partial charge in [0.05, 0.1) is 0 Å². The van der Waals surface area contributed by atoms with Crippen molar-refractivity contribution in [1.82, 2.24) is 10.2 Å². The van der Waals surface area contributed by atoms with Gasteiger partial charge in [-0.15, -0.1) is 0 Å². The third kappa shape index (κ3) is 4.76. The molecule has 0 saturated carbocycles. The fourth-order valence-corrected chi connectivity index (χ4v) is 2.43. The average molecular weight is 226 g/mol. The molecule has 1 aliphatic rings. The van der Waals surface area contributed by atoms with E-state index >= 15 is 0 Å². The zero-order valence-corrected chi connectivity index (χ0v) is 11.1. The van der Waals surface area contributed by atoms with Gasteiger partial charge in [0.25, 0.3) is 0 Å². The van der Waals surface area contributed by atoms with E-state index in [-0.39, 0.29) is 0 Å². The number of allylic oxidation sites excluding steroid dienone is 2. The SMILES string of the molecule is CN(C)CCNC1=CC(=S)CC(C)(C)C1. The van der Waals surface area contributed by atoms with Gasteiger partial charge < -0.3 is 10.2 Å². The first-order valence-corrected chi connectivity index (χ1v) is 5.92. The fraction of sp³-hybridized carbons (Fsp3) is 0.750. The lowest BCUT2D eigenvalue weighted by atomic mass is 9.79. The third-order valence-corrected chi connectivity index (χ3v) is 2.83. The molecule has 3 heteroatoms. The van der Waals surface area contributed by atoms with Crippen LogP contribution in [0.1, 0.15) is 26.7 Å². The van der Waals surface area contributed by atoms with Crippen LogP contribution in [0.25, 0.3) is 0 Å². The molecule has 1 N–H and O–H groups in total. The molecule has 0 saturated heterocycles. The third-order valence-electron chi connectivity index (χ3n) is 2.57. The van der Waals surface area contributed by atoms with Crippen LogP contribution in [-0.4, -0.2) is 36.9 Å². The van der Waals surface area contributed by atoms with Crippen molar-refractivity contribution in [3.05, 3.63) is 11.8 Å². The maximum Gasteiger partial charge on any atom is 0.0271 e. The zero-order chi connectivity index (χ0) is 11.5. The van der Waals surface area contributed by atoms with Crippen molar-refractivity contribution in [3.8, 4) is 0 Å². The molecule has 0 radical (unpaired) electrons. The summed E-state index contributed by atoms with van der Waals surface area (Å²) in [6.07, 6.45) is 4.29. The number of hydrogen-bond donors (Lipinski definition) is 1. The Morgan fingerprint density at radius 2 is 2.07 bits per heavy atom. The predicted octanol–water partition coefficient (Wildman–Crippen LogP) is 2.21. The molecule has 0 fully saturated rings. The Kier molecular flexibility index (Phi) is 4.29. The van der Waals surface area contributed by atoms with E-state index in [2.05, 4.69) is 44.2 Å². The number of hydrogen-bond acceptors (Lipinski definition) is 3. The standard InChI is InChI=1S/C12H22N2S/c1-12(2)8-10(7-11(15)9-12)13-5-6-14(3)4/h7,13H,5-6,8-9H2,1-4H3. The molecule has 0 heterocycles. The molecular weight excluding hydrogens is 204 g/mol. The van der Waals surface area contributed by atoms with Crippen LogP contribution in [0.4, 0.5) is 0 Å². The Morgan fingerprint density at radius 3 is 2.60 bits per heavy atom. The quantitative estimate of drug-likeness (QED) is 0.740. The van der Waals surface area contributed by atoms with Crippen LogP contribution >= 0.6 is 12.2 Å². The Balaban J connectivity index is 2.44. The summed E-state index contributed by atoms with van der Waals surface area (Å²) < 4.78 is 0. The van der Waals surface area contributed by atoms with Crippen LogP contribution in [0, 0.1) is 5.41 Å². The highest BCUT2D eigenvalue weighted by molar-refractivity contribution is 7.80. The highest BCUT2D eigenvalue weighted by Gasteiger charge is 2.25. The van der Waals surface area contributed by atoms with Crippen molar-refractivity contribution in [2.75, 3.05) is 27.2 Å². The lowest BCUT2D eigenvalue weighted by Crippen LogP contribution is -2.31. The van der Waals surface area contributed by atoms with Crippen LogP contribution < -0.4 is 5.32 Å². The van der Waals surface area contributed by atoms with Crippen LogP contribution in [0.5, 0.6) is 0 Å². The molecular formula is C12H22N2S. The minimum absolute atomic E-state index is 0.326. The number of rotatable bonds is 4. The Morgan fingerprint density at radius 1 is 1.40 bits per heavy atom. The van der Waals surface area contributed by atoms with E-state index < -0.39 is 0 Å². The minimum Gasteiger partial charge on any atom is -0.387 e. The van der Waals surface area contributed by atoms with E-state index in [0.29, 0.717) is 5.41 Å². The molecule has 1 aliphatic carbocycles. The molecule has 0 atom stereocenters. The maximum absolute atomic E-state index is 5.31. The van der Waals surface area contributed by atoms with Crippen molar-refractivity contribution >= 4 is 17.1 Å². The topological polar surface area (TPSA) is 15.3 Å². The van der Waals surface area contributed by atoms with E-state index in [9.17, 15) is 0 Å². The summed E-state index contributed by atoms with van der Waals surface area (Å²) in [5, 5.41) is 3.47. The zero-order valence-electron chi connectivity index (χ0n) is 10.3. The molecule has 86 valence electrons. The van der Waals surface area contributed by atoms with Crippen molar-refractivity contribution in [3.63, 3.8) is 0 Å². The normalized spacial score (nSPS) is 20.3. The summed E-state index contributed by atoms with van der Waals surface area (Å²) in [5.74, 6) is 0. The molecule has 15 heavy (non-hydrogen) atoms. The summed E-state index contributed by atoms with van der Waals surface area (Å²) >= 11 is 5.31. The summed E-state index contributed by atoms with van der Waals surface area (Å²) in [4.78, 5) is 3.26. The number of likely N-dealkylation sites (N-methyl/N-ethyl adjacent to an activating group) is 1. The smallest absolute Gasteiger partial charge is 0.0271 e. The van der Waals surface area contributed by atoms with Gasteiger partial charge in [0.1, 0.15) is 0 Å². The van der Waals surface area contributed by atoms with Crippen LogP contribution in [0.3, 0.4) is 0 Å². The lowest BCUT2D eigenvalue weighted by Gasteiger charge is -2.30.